The van der Waals surface area contributed by atoms with E-state index in [4.69, 9.17) is 5.73 Å². The lowest BCUT2D eigenvalue weighted by atomic mass is 9.87. The number of hydrogen-bond donors (Lipinski definition) is 3. The van der Waals surface area contributed by atoms with E-state index in [1.165, 1.54) is 0 Å². The molecule has 2 atom stereocenters. The largest absolute Gasteiger partial charge is 0.394 e. The highest BCUT2D eigenvalue weighted by Gasteiger charge is 2.20. The fourth-order valence-electron chi connectivity index (χ4n) is 2.27. The van der Waals surface area contributed by atoms with Crippen LogP contribution in [0.2, 0.25) is 0 Å². The molecule has 0 saturated carbocycles. The molecule has 0 spiro atoms. The van der Waals surface area contributed by atoms with Crippen molar-refractivity contribution < 1.29 is 9.90 Å². The van der Waals surface area contributed by atoms with Gasteiger partial charge in [-0.2, -0.15) is 0 Å². The molecule has 0 aromatic heterocycles. The number of amides is 1. The number of carbonyl (C=O) groups is 1. The van der Waals surface area contributed by atoms with Crippen molar-refractivity contribution in [1.82, 2.24) is 5.32 Å². The lowest BCUT2D eigenvalue weighted by Gasteiger charge is -2.23. The lowest BCUT2D eigenvalue weighted by Crippen LogP contribution is -2.36. The van der Waals surface area contributed by atoms with Crippen molar-refractivity contribution in [2.45, 2.75) is 45.7 Å². The molecule has 0 aliphatic carbocycles. The van der Waals surface area contributed by atoms with Crippen LogP contribution in [0, 0.1) is 5.41 Å². The number of aliphatic hydroxyl groups is 1. The quantitative estimate of drug-likeness (QED) is 0.745. The van der Waals surface area contributed by atoms with Crippen LogP contribution in [0.25, 0.3) is 0 Å². The van der Waals surface area contributed by atoms with Crippen molar-refractivity contribution in [3.63, 3.8) is 0 Å². The number of benzene rings is 1. The predicted molar refractivity (Wildman–Crippen MR) is 81.1 cm³/mol. The summed E-state index contributed by atoms with van der Waals surface area (Å²) in [6.07, 6.45) is 1.07. The zero-order valence-electron chi connectivity index (χ0n) is 12.6. The summed E-state index contributed by atoms with van der Waals surface area (Å²) in [6.45, 7) is 6.19. The lowest BCUT2D eigenvalue weighted by molar-refractivity contribution is -0.122. The highest BCUT2D eigenvalue weighted by Crippen LogP contribution is 2.21. The molecule has 0 radical (unpaired) electrons. The standard InChI is InChI=1S/C16H26N2O2/c1-16(2,3)10-13(17)9-15(20)18-14(11-19)12-7-5-4-6-8-12/h4-8,13-14,19H,9-11,17H2,1-3H3,(H,18,20). The predicted octanol–water partition coefficient (Wildman–Crippen LogP) is 1.99. The minimum atomic E-state index is -0.370. The van der Waals surface area contributed by atoms with E-state index in [0.717, 1.165) is 12.0 Å². The van der Waals surface area contributed by atoms with Crippen LogP contribution in [-0.4, -0.2) is 23.7 Å². The number of rotatable bonds is 6. The number of hydrogen-bond acceptors (Lipinski definition) is 3. The Bertz CT molecular complexity index is 412. The highest BCUT2D eigenvalue weighted by molar-refractivity contribution is 5.77. The summed E-state index contributed by atoms with van der Waals surface area (Å²) in [5, 5.41) is 12.2. The van der Waals surface area contributed by atoms with Crippen molar-refractivity contribution in [2.75, 3.05) is 6.61 Å². The van der Waals surface area contributed by atoms with Crippen LogP contribution in [0.3, 0.4) is 0 Å². The van der Waals surface area contributed by atoms with Gasteiger partial charge >= 0.3 is 0 Å². The molecule has 1 rings (SSSR count). The van der Waals surface area contributed by atoms with Gasteiger partial charge in [-0.3, -0.25) is 4.79 Å². The third kappa shape index (κ3) is 6.17. The third-order valence-electron chi connectivity index (χ3n) is 3.04. The van der Waals surface area contributed by atoms with Crippen LogP contribution in [0.5, 0.6) is 0 Å². The maximum Gasteiger partial charge on any atom is 0.222 e. The van der Waals surface area contributed by atoms with Gasteiger partial charge in [0.15, 0.2) is 0 Å². The number of carbonyl (C=O) groups excluding carboxylic acids is 1. The minimum Gasteiger partial charge on any atom is -0.394 e. The van der Waals surface area contributed by atoms with Gasteiger partial charge in [-0.1, -0.05) is 51.1 Å². The molecule has 20 heavy (non-hydrogen) atoms. The highest BCUT2D eigenvalue weighted by atomic mass is 16.3. The Morgan fingerprint density at radius 3 is 2.40 bits per heavy atom. The van der Waals surface area contributed by atoms with Crippen molar-refractivity contribution in [1.29, 1.82) is 0 Å². The first-order valence-corrected chi connectivity index (χ1v) is 7.02. The molecule has 1 amide bonds. The zero-order valence-corrected chi connectivity index (χ0v) is 12.6. The van der Waals surface area contributed by atoms with E-state index in [-0.39, 0.29) is 36.4 Å². The normalized spacial score (nSPS) is 14.7. The van der Waals surface area contributed by atoms with Crippen molar-refractivity contribution in [2.24, 2.45) is 11.1 Å². The van der Waals surface area contributed by atoms with Gasteiger partial charge in [-0.25, -0.2) is 0 Å². The second kappa shape index (κ2) is 7.41. The smallest absolute Gasteiger partial charge is 0.222 e. The molecule has 4 heteroatoms. The molecule has 0 saturated heterocycles. The van der Waals surface area contributed by atoms with Crippen molar-refractivity contribution in [3.05, 3.63) is 35.9 Å². The molecule has 1 aromatic carbocycles. The first kappa shape index (κ1) is 16.7. The van der Waals surface area contributed by atoms with Crippen LogP contribution in [-0.2, 0) is 4.79 Å². The summed E-state index contributed by atoms with van der Waals surface area (Å²) in [5.74, 6) is -0.121. The summed E-state index contributed by atoms with van der Waals surface area (Å²) < 4.78 is 0. The molecule has 0 aliphatic rings. The molecule has 1 aromatic rings. The maximum atomic E-state index is 12.0. The second-order valence-electron chi connectivity index (χ2n) is 6.44. The van der Waals surface area contributed by atoms with Gasteiger partial charge in [0.25, 0.3) is 0 Å². The third-order valence-corrected chi connectivity index (χ3v) is 3.04. The molecule has 0 bridgehead atoms. The molecular weight excluding hydrogens is 252 g/mol. The van der Waals surface area contributed by atoms with Gasteiger partial charge in [0.05, 0.1) is 12.6 Å². The second-order valence-corrected chi connectivity index (χ2v) is 6.44. The molecular formula is C16H26N2O2. The Kier molecular flexibility index (Phi) is 6.17. The van der Waals surface area contributed by atoms with Gasteiger partial charge < -0.3 is 16.2 Å². The topological polar surface area (TPSA) is 75.4 Å². The van der Waals surface area contributed by atoms with E-state index in [1.54, 1.807) is 0 Å². The summed E-state index contributed by atoms with van der Waals surface area (Å²) in [4.78, 5) is 12.0. The van der Waals surface area contributed by atoms with Crippen molar-refractivity contribution >= 4 is 5.91 Å². The monoisotopic (exact) mass is 278 g/mol. The maximum absolute atomic E-state index is 12.0. The van der Waals surface area contributed by atoms with E-state index in [2.05, 4.69) is 26.1 Å². The Morgan fingerprint density at radius 2 is 1.90 bits per heavy atom. The Hall–Kier alpha value is -1.39. The van der Waals surface area contributed by atoms with Crippen LogP contribution in [0.15, 0.2) is 30.3 Å². The fourth-order valence-corrected chi connectivity index (χ4v) is 2.27. The first-order valence-electron chi connectivity index (χ1n) is 7.02. The van der Waals surface area contributed by atoms with Gasteiger partial charge in [0, 0.05) is 12.5 Å². The van der Waals surface area contributed by atoms with Crippen molar-refractivity contribution in [3.8, 4) is 0 Å². The minimum absolute atomic E-state index is 0.107. The molecule has 4 nitrogen and oxygen atoms in total. The molecule has 0 fully saturated rings. The zero-order chi connectivity index (χ0) is 15.2. The van der Waals surface area contributed by atoms with E-state index in [1.807, 2.05) is 30.3 Å². The summed E-state index contributed by atoms with van der Waals surface area (Å²) >= 11 is 0. The average molecular weight is 278 g/mol. The Morgan fingerprint density at radius 1 is 1.30 bits per heavy atom. The van der Waals surface area contributed by atoms with Gasteiger partial charge in [-0.05, 0) is 17.4 Å². The van der Waals surface area contributed by atoms with Gasteiger partial charge in [-0.15, -0.1) is 0 Å². The molecule has 0 heterocycles. The van der Waals surface area contributed by atoms with E-state index >= 15 is 0 Å². The number of nitrogens with one attached hydrogen (secondary N) is 1. The van der Waals surface area contributed by atoms with E-state index in [0.29, 0.717) is 0 Å². The number of aliphatic hydroxyl groups excluding tert-OH is 1. The molecule has 0 aliphatic heterocycles. The van der Waals surface area contributed by atoms with Crippen LogP contribution in [0.1, 0.15) is 45.2 Å². The fraction of sp³-hybridized carbons (Fsp3) is 0.562. The molecule has 4 N–H and O–H groups in total. The first-order chi connectivity index (χ1) is 9.31. The van der Waals surface area contributed by atoms with Crippen LogP contribution in [0.4, 0.5) is 0 Å². The van der Waals surface area contributed by atoms with Crippen LogP contribution >= 0.6 is 0 Å². The molecule has 2 unspecified atom stereocenters. The van der Waals surface area contributed by atoms with E-state index < -0.39 is 0 Å². The van der Waals surface area contributed by atoms with E-state index in [9.17, 15) is 9.90 Å². The number of nitrogens with two attached hydrogens (primary N) is 1. The van der Waals surface area contributed by atoms with Gasteiger partial charge in [0.2, 0.25) is 5.91 Å². The summed E-state index contributed by atoms with van der Waals surface area (Å²) in [7, 11) is 0. The molecule has 112 valence electrons. The summed E-state index contributed by atoms with van der Waals surface area (Å²) in [5.41, 5.74) is 7.00. The average Bonchev–Trinajstić information content (AvgIpc) is 2.34. The SMILES string of the molecule is CC(C)(C)CC(N)CC(=O)NC(CO)c1ccccc1. The van der Waals surface area contributed by atoms with Crippen LogP contribution < -0.4 is 11.1 Å². The Labute approximate surface area is 121 Å². The van der Waals surface area contributed by atoms with Gasteiger partial charge in [0.1, 0.15) is 0 Å². The Balaban J connectivity index is 2.52. The summed E-state index contributed by atoms with van der Waals surface area (Å²) in [6, 6.07) is 8.91.